The molecule has 6 aromatic carbocycles. The number of benzene rings is 6. The van der Waals surface area contributed by atoms with Crippen LogP contribution in [0.2, 0.25) is 0 Å². The lowest BCUT2D eigenvalue weighted by Crippen LogP contribution is -2.03. The minimum absolute atomic E-state index is 0.642. The van der Waals surface area contributed by atoms with E-state index in [-0.39, 0.29) is 0 Å². The van der Waals surface area contributed by atoms with Crippen LogP contribution in [0.4, 0.5) is 13.2 Å². The first-order valence-corrected chi connectivity index (χ1v) is 13.7. The van der Waals surface area contributed by atoms with Gasteiger partial charge in [-0.3, -0.25) is 4.98 Å². The highest BCUT2D eigenvalue weighted by atomic mass is 19.4. The molecular formula is C38H24F3N. The van der Waals surface area contributed by atoms with Gasteiger partial charge >= 0.3 is 6.18 Å². The summed E-state index contributed by atoms with van der Waals surface area (Å²) in [5.41, 5.74) is 8.63. The van der Waals surface area contributed by atoms with Crippen molar-refractivity contribution in [1.82, 2.24) is 4.98 Å². The largest absolute Gasteiger partial charge is 0.416 e. The molecule has 202 valence electrons. The van der Waals surface area contributed by atoms with Gasteiger partial charge in [0, 0.05) is 17.1 Å². The zero-order valence-corrected chi connectivity index (χ0v) is 22.4. The summed E-state index contributed by atoms with van der Waals surface area (Å²) in [6.07, 6.45) is -2.51. The number of para-hydroxylation sites is 1. The summed E-state index contributed by atoms with van der Waals surface area (Å²) in [5.74, 6) is 0. The Morgan fingerprint density at radius 1 is 0.405 bits per heavy atom. The lowest BCUT2D eigenvalue weighted by atomic mass is 9.95. The number of fused-ring (bicyclic) bond motifs is 2. The highest BCUT2D eigenvalue weighted by Crippen LogP contribution is 2.34. The lowest BCUT2D eigenvalue weighted by Gasteiger charge is -2.10. The number of alkyl halides is 3. The Morgan fingerprint density at radius 2 is 0.881 bits per heavy atom. The molecule has 0 aliphatic rings. The smallest absolute Gasteiger partial charge is 0.256 e. The van der Waals surface area contributed by atoms with Crippen LogP contribution < -0.4 is 0 Å². The van der Waals surface area contributed by atoms with Gasteiger partial charge in [-0.25, -0.2) is 0 Å². The molecule has 1 aromatic heterocycles. The van der Waals surface area contributed by atoms with Crippen molar-refractivity contribution in [3.8, 4) is 44.5 Å². The van der Waals surface area contributed by atoms with E-state index >= 15 is 0 Å². The number of hydrogen-bond acceptors (Lipinski definition) is 1. The fourth-order valence-electron chi connectivity index (χ4n) is 5.49. The van der Waals surface area contributed by atoms with Crippen LogP contribution in [-0.4, -0.2) is 4.98 Å². The van der Waals surface area contributed by atoms with Gasteiger partial charge in [-0.15, -0.1) is 0 Å². The zero-order chi connectivity index (χ0) is 28.7. The molecular weight excluding hydrogens is 527 g/mol. The normalized spacial score (nSPS) is 11.7. The quantitative estimate of drug-likeness (QED) is 0.212. The molecule has 0 atom stereocenters. The van der Waals surface area contributed by atoms with Crippen LogP contribution in [0.25, 0.3) is 66.2 Å². The Labute approximate surface area is 241 Å². The molecule has 0 amide bonds. The summed E-state index contributed by atoms with van der Waals surface area (Å²) in [6, 6.07) is 45.0. The Bertz CT molecular complexity index is 2030. The fourth-order valence-corrected chi connectivity index (χ4v) is 5.49. The first kappa shape index (κ1) is 25.7. The summed E-state index contributed by atoms with van der Waals surface area (Å²) in [6.45, 7) is 0. The Morgan fingerprint density at radius 3 is 1.45 bits per heavy atom. The van der Waals surface area contributed by atoms with E-state index in [1.807, 2.05) is 36.5 Å². The Balaban J connectivity index is 1.16. The molecule has 1 nitrogen and oxygen atoms in total. The lowest BCUT2D eigenvalue weighted by molar-refractivity contribution is -0.137. The maximum Gasteiger partial charge on any atom is 0.416 e. The van der Waals surface area contributed by atoms with Gasteiger partial charge in [0.2, 0.25) is 0 Å². The fraction of sp³-hybridized carbons (Fsp3) is 0.0263. The third-order valence-electron chi connectivity index (χ3n) is 7.77. The van der Waals surface area contributed by atoms with Gasteiger partial charge in [-0.2, -0.15) is 13.2 Å². The molecule has 42 heavy (non-hydrogen) atoms. The molecule has 7 aromatic rings. The standard InChI is InChI=1S/C38H24F3N/c39-38(40,41)35-20-18-26(19-21-35)25-6-8-27(9-7-25)32-16-12-29-13-17-33(24-34(29)23-32)28-10-14-30(15-11-28)36-5-1-3-31-4-2-22-42-37(31)36/h1-24H. The van der Waals surface area contributed by atoms with Crippen molar-refractivity contribution in [1.29, 1.82) is 0 Å². The van der Waals surface area contributed by atoms with Gasteiger partial charge < -0.3 is 0 Å². The SMILES string of the molecule is FC(F)(F)c1ccc(-c2ccc(-c3ccc4ccc(-c5ccc(-c6cccc7cccnc67)cc5)cc4c3)cc2)cc1. The Hall–Kier alpha value is -5.22. The van der Waals surface area contributed by atoms with Gasteiger partial charge in [0.1, 0.15) is 0 Å². The predicted octanol–water partition coefficient (Wildman–Crippen LogP) is 11.1. The average molecular weight is 552 g/mol. The van der Waals surface area contributed by atoms with E-state index in [1.54, 1.807) is 0 Å². The van der Waals surface area contributed by atoms with Crippen molar-refractivity contribution in [3.05, 3.63) is 151 Å². The molecule has 0 aliphatic heterocycles. The predicted molar refractivity (Wildman–Crippen MR) is 166 cm³/mol. The van der Waals surface area contributed by atoms with Crippen LogP contribution in [0.5, 0.6) is 0 Å². The number of rotatable bonds is 4. The summed E-state index contributed by atoms with van der Waals surface area (Å²) in [5, 5.41) is 3.42. The molecule has 4 heteroatoms. The molecule has 0 fully saturated rings. The monoisotopic (exact) mass is 551 g/mol. The number of aromatic nitrogens is 1. The van der Waals surface area contributed by atoms with Crippen LogP contribution in [0.3, 0.4) is 0 Å². The highest BCUT2D eigenvalue weighted by Gasteiger charge is 2.29. The number of pyridine rings is 1. The molecule has 0 aliphatic carbocycles. The van der Waals surface area contributed by atoms with Crippen molar-refractivity contribution < 1.29 is 13.2 Å². The van der Waals surface area contributed by atoms with Gasteiger partial charge in [-0.1, -0.05) is 109 Å². The molecule has 0 saturated heterocycles. The average Bonchev–Trinajstić information content (AvgIpc) is 3.04. The molecule has 0 spiro atoms. The second kappa shape index (κ2) is 10.3. The maximum absolute atomic E-state index is 12.9. The minimum atomic E-state index is -4.34. The van der Waals surface area contributed by atoms with Crippen LogP contribution in [0.1, 0.15) is 5.56 Å². The summed E-state index contributed by atoms with van der Waals surface area (Å²) in [4.78, 5) is 4.60. The van der Waals surface area contributed by atoms with Crippen molar-refractivity contribution in [2.75, 3.05) is 0 Å². The molecule has 0 radical (unpaired) electrons. The van der Waals surface area contributed by atoms with Gasteiger partial charge in [0.15, 0.2) is 0 Å². The summed E-state index contributed by atoms with van der Waals surface area (Å²) in [7, 11) is 0. The van der Waals surface area contributed by atoms with Crippen LogP contribution in [-0.2, 0) is 6.18 Å². The first-order chi connectivity index (χ1) is 20.4. The van der Waals surface area contributed by atoms with E-state index in [0.29, 0.717) is 0 Å². The summed E-state index contributed by atoms with van der Waals surface area (Å²) < 4.78 is 38.8. The van der Waals surface area contributed by atoms with Crippen molar-refractivity contribution >= 4 is 21.7 Å². The van der Waals surface area contributed by atoms with Crippen LogP contribution in [0.15, 0.2) is 146 Å². The van der Waals surface area contributed by atoms with E-state index in [1.165, 1.54) is 12.1 Å². The van der Waals surface area contributed by atoms with Crippen LogP contribution >= 0.6 is 0 Å². The number of nitrogens with zero attached hydrogens (tertiary/aromatic N) is 1. The van der Waals surface area contributed by atoms with E-state index in [0.717, 1.165) is 78.3 Å². The molecule has 1 heterocycles. The second-order valence-electron chi connectivity index (χ2n) is 10.4. The van der Waals surface area contributed by atoms with Gasteiger partial charge in [-0.05, 0) is 80.0 Å². The van der Waals surface area contributed by atoms with Gasteiger partial charge in [0.05, 0.1) is 11.1 Å². The topological polar surface area (TPSA) is 12.9 Å². The van der Waals surface area contributed by atoms with E-state index < -0.39 is 11.7 Å². The van der Waals surface area contributed by atoms with Crippen molar-refractivity contribution in [2.24, 2.45) is 0 Å². The zero-order valence-electron chi connectivity index (χ0n) is 22.4. The number of hydrogen-bond donors (Lipinski definition) is 0. The van der Waals surface area contributed by atoms with Gasteiger partial charge in [0.25, 0.3) is 0 Å². The second-order valence-corrected chi connectivity index (χ2v) is 10.4. The number of halogens is 3. The van der Waals surface area contributed by atoms with E-state index in [9.17, 15) is 13.2 Å². The van der Waals surface area contributed by atoms with Crippen LogP contribution in [0, 0.1) is 0 Å². The summed E-state index contributed by atoms with van der Waals surface area (Å²) >= 11 is 0. The molecule has 0 saturated carbocycles. The molecule has 0 unspecified atom stereocenters. The van der Waals surface area contributed by atoms with E-state index in [2.05, 4.69) is 89.9 Å². The highest BCUT2D eigenvalue weighted by molar-refractivity contribution is 5.94. The van der Waals surface area contributed by atoms with Crippen molar-refractivity contribution in [3.63, 3.8) is 0 Å². The first-order valence-electron chi connectivity index (χ1n) is 13.7. The van der Waals surface area contributed by atoms with E-state index in [4.69, 9.17) is 0 Å². The van der Waals surface area contributed by atoms with Crippen molar-refractivity contribution in [2.45, 2.75) is 6.18 Å². The minimum Gasteiger partial charge on any atom is -0.256 e. The molecule has 0 N–H and O–H groups in total. The maximum atomic E-state index is 12.9. The third-order valence-corrected chi connectivity index (χ3v) is 7.77. The molecule has 7 rings (SSSR count). The molecule has 0 bridgehead atoms. The third kappa shape index (κ3) is 4.92. The Kier molecular flexibility index (Phi) is 6.32.